The van der Waals surface area contributed by atoms with Gasteiger partial charge in [-0.2, -0.15) is 0 Å². The first-order valence-corrected chi connectivity index (χ1v) is 7.22. The van der Waals surface area contributed by atoms with Crippen molar-refractivity contribution in [1.29, 1.82) is 0 Å². The number of aliphatic imine (C=N–C) groups is 1. The Hall–Kier alpha value is -1.33. The zero-order valence-corrected chi connectivity index (χ0v) is 11.9. The first-order chi connectivity index (χ1) is 8.43. The van der Waals surface area contributed by atoms with Crippen LogP contribution in [0.1, 0.15) is 12.5 Å². The molecule has 4 nitrogen and oxygen atoms in total. The second-order valence-corrected chi connectivity index (χ2v) is 5.68. The van der Waals surface area contributed by atoms with Gasteiger partial charge in [0.05, 0.1) is 10.6 Å². The molecule has 0 spiro atoms. The van der Waals surface area contributed by atoms with E-state index >= 15 is 0 Å². The summed E-state index contributed by atoms with van der Waals surface area (Å²) in [6, 6.07) is 6.61. The molecule has 0 saturated heterocycles. The first-order valence-electron chi connectivity index (χ1n) is 5.34. The summed E-state index contributed by atoms with van der Waals surface area (Å²) >= 11 is 5.34. The van der Waals surface area contributed by atoms with Gasteiger partial charge in [-0.15, -0.1) is 0 Å². The van der Waals surface area contributed by atoms with Crippen LogP contribution in [-0.2, 0) is 10.0 Å². The zero-order chi connectivity index (χ0) is 13.8. The molecule has 18 heavy (non-hydrogen) atoms. The molecule has 0 N–H and O–H groups in total. The van der Waals surface area contributed by atoms with E-state index in [4.69, 9.17) is 11.6 Å². The molecule has 0 fully saturated rings. The maximum Gasteiger partial charge on any atom is 0.265 e. The maximum absolute atomic E-state index is 12.3. The number of nitrogens with zero attached hydrogens (tertiary/aromatic N) is 2. The molecule has 0 atom stereocenters. The van der Waals surface area contributed by atoms with Gasteiger partial charge in [-0.05, 0) is 26.0 Å². The van der Waals surface area contributed by atoms with Crippen LogP contribution in [0.5, 0.6) is 0 Å². The third-order valence-electron chi connectivity index (χ3n) is 2.38. The number of rotatable bonds is 5. The molecule has 0 aromatic heterocycles. The van der Waals surface area contributed by atoms with Gasteiger partial charge in [0.15, 0.2) is 0 Å². The van der Waals surface area contributed by atoms with Crippen LogP contribution in [0.4, 0.5) is 0 Å². The molecule has 0 heterocycles. The van der Waals surface area contributed by atoms with Gasteiger partial charge in [-0.3, -0.25) is 4.31 Å². The van der Waals surface area contributed by atoms with E-state index in [1.54, 1.807) is 31.2 Å². The smallest absolute Gasteiger partial charge is 0.251 e. The molecule has 0 aliphatic rings. The molecular formula is C12H15ClN2O2S. The van der Waals surface area contributed by atoms with Crippen LogP contribution >= 0.6 is 11.6 Å². The maximum atomic E-state index is 12.3. The number of benzene rings is 1. The Morgan fingerprint density at radius 3 is 2.44 bits per heavy atom. The van der Waals surface area contributed by atoms with Crippen molar-refractivity contribution in [2.24, 2.45) is 4.99 Å². The van der Waals surface area contributed by atoms with Crippen molar-refractivity contribution in [1.82, 2.24) is 4.31 Å². The van der Waals surface area contributed by atoms with E-state index in [1.807, 2.05) is 6.92 Å². The highest BCUT2D eigenvalue weighted by atomic mass is 35.5. The largest absolute Gasteiger partial charge is 0.265 e. The second-order valence-electron chi connectivity index (χ2n) is 3.63. The van der Waals surface area contributed by atoms with Gasteiger partial charge >= 0.3 is 0 Å². The fourth-order valence-corrected chi connectivity index (χ4v) is 2.96. The Labute approximate surface area is 113 Å². The number of sulfonamides is 1. The average Bonchev–Trinajstić information content (AvgIpc) is 2.30. The minimum atomic E-state index is -3.63. The van der Waals surface area contributed by atoms with Crippen molar-refractivity contribution >= 4 is 27.3 Å². The fraction of sp³-hybridized carbons (Fsp3) is 0.250. The normalized spacial score (nSPS) is 11.7. The van der Waals surface area contributed by atoms with Gasteiger partial charge in [0, 0.05) is 6.54 Å². The van der Waals surface area contributed by atoms with Crippen LogP contribution in [0.2, 0.25) is 0 Å². The van der Waals surface area contributed by atoms with Crippen LogP contribution in [0.15, 0.2) is 46.6 Å². The minimum absolute atomic E-state index is 0.0908. The summed E-state index contributed by atoms with van der Waals surface area (Å²) in [7, 11) is -3.63. The molecule has 0 amide bonds. The Bertz CT molecular complexity index is 550. The second kappa shape index (κ2) is 6.02. The molecule has 0 unspecified atom stereocenters. The lowest BCUT2D eigenvalue weighted by molar-refractivity contribution is 0.489. The molecule has 1 rings (SSSR count). The Morgan fingerprint density at radius 2 is 2.00 bits per heavy atom. The lowest BCUT2D eigenvalue weighted by Crippen LogP contribution is -2.29. The van der Waals surface area contributed by atoms with Crippen LogP contribution < -0.4 is 0 Å². The summed E-state index contributed by atoms with van der Waals surface area (Å²) in [6.07, 6.45) is 0. The first kappa shape index (κ1) is 14.7. The third kappa shape index (κ3) is 3.11. The van der Waals surface area contributed by atoms with Crippen LogP contribution in [0.25, 0.3) is 0 Å². The van der Waals surface area contributed by atoms with Crippen LogP contribution in [-0.4, -0.2) is 24.9 Å². The van der Waals surface area contributed by atoms with E-state index in [9.17, 15) is 8.42 Å². The number of hydrogen-bond donors (Lipinski definition) is 0. The van der Waals surface area contributed by atoms with Gasteiger partial charge in [0.1, 0.15) is 5.82 Å². The van der Waals surface area contributed by atoms with Crippen molar-refractivity contribution in [3.8, 4) is 0 Å². The molecule has 98 valence electrons. The van der Waals surface area contributed by atoms with Gasteiger partial charge in [-0.25, -0.2) is 13.4 Å². The average molecular weight is 287 g/mol. The monoisotopic (exact) mass is 286 g/mol. The lowest BCUT2D eigenvalue weighted by atomic mass is 10.2. The molecule has 0 aliphatic heterocycles. The highest BCUT2D eigenvalue weighted by molar-refractivity contribution is 7.89. The Kier molecular flexibility index (Phi) is 4.93. The topological polar surface area (TPSA) is 49.7 Å². The number of aryl methyl sites for hydroxylation is 1. The standard InChI is InChI=1S/C12H15ClN2O2S/c1-4-15(11(3)14-9-13)18(16,17)12-7-5-10(2)6-8-12/h5-9H,3-4H2,1-2H3. The third-order valence-corrected chi connectivity index (χ3v) is 4.40. The summed E-state index contributed by atoms with van der Waals surface area (Å²) in [5, 5.41) is 0. The highest BCUT2D eigenvalue weighted by Gasteiger charge is 2.23. The summed E-state index contributed by atoms with van der Waals surface area (Å²) in [6.45, 7) is 7.43. The molecule has 6 heteroatoms. The van der Waals surface area contributed by atoms with E-state index in [-0.39, 0.29) is 17.3 Å². The van der Waals surface area contributed by atoms with Crippen molar-refractivity contribution in [3.05, 3.63) is 42.2 Å². The van der Waals surface area contributed by atoms with Gasteiger partial charge < -0.3 is 0 Å². The number of hydrogen-bond acceptors (Lipinski definition) is 3. The van der Waals surface area contributed by atoms with E-state index in [0.29, 0.717) is 0 Å². The quantitative estimate of drug-likeness (QED) is 0.782. The van der Waals surface area contributed by atoms with Crippen molar-refractivity contribution in [3.63, 3.8) is 0 Å². The van der Waals surface area contributed by atoms with E-state index in [0.717, 1.165) is 15.5 Å². The van der Waals surface area contributed by atoms with E-state index < -0.39 is 10.0 Å². The fourth-order valence-electron chi connectivity index (χ4n) is 1.45. The Balaban J connectivity index is 3.18. The van der Waals surface area contributed by atoms with Crippen LogP contribution in [0, 0.1) is 6.92 Å². The SMILES string of the molecule is C=C(N=CCl)N(CC)S(=O)(=O)c1ccc(C)cc1. The van der Waals surface area contributed by atoms with Crippen molar-refractivity contribution < 1.29 is 8.42 Å². The van der Waals surface area contributed by atoms with Crippen LogP contribution in [0.3, 0.4) is 0 Å². The molecule has 1 aromatic rings. The molecule has 0 saturated carbocycles. The molecule has 0 radical (unpaired) electrons. The van der Waals surface area contributed by atoms with Crippen molar-refractivity contribution in [2.45, 2.75) is 18.7 Å². The van der Waals surface area contributed by atoms with Gasteiger partial charge in [-0.1, -0.05) is 35.9 Å². The minimum Gasteiger partial charge on any atom is -0.251 e. The highest BCUT2D eigenvalue weighted by Crippen LogP contribution is 2.20. The molecule has 0 bridgehead atoms. The summed E-state index contributed by atoms with van der Waals surface area (Å²) < 4.78 is 25.8. The molecule has 0 aliphatic carbocycles. The molecule has 1 aromatic carbocycles. The summed E-state index contributed by atoms with van der Waals surface area (Å²) in [4.78, 5) is 3.91. The Morgan fingerprint density at radius 1 is 1.44 bits per heavy atom. The predicted molar refractivity (Wildman–Crippen MR) is 74.2 cm³/mol. The predicted octanol–water partition coefficient (Wildman–Crippen LogP) is 2.74. The van der Waals surface area contributed by atoms with E-state index in [2.05, 4.69) is 11.6 Å². The zero-order valence-electron chi connectivity index (χ0n) is 10.3. The molecular weight excluding hydrogens is 272 g/mol. The lowest BCUT2D eigenvalue weighted by Gasteiger charge is -2.21. The van der Waals surface area contributed by atoms with E-state index in [1.165, 1.54) is 0 Å². The van der Waals surface area contributed by atoms with Gasteiger partial charge in [0.25, 0.3) is 10.0 Å². The van der Waals surface area contributed by atoms with Gasteiger partial charge in [0.2, 0.25) is 0 Å². The van der Waals surface area contributed by atoms with Crippen molar-refractivity contribution in [2.75, 3.05) is 6.54 Å². The number of halogens is 1. The summed E-state index contributed by atoms with van der Waals surface area (Å²) in [5.74, 6) is 0.0908. The summed E-state index contributed by atoms with van der Waals surface area (Å²) in [5.41, 5.74) is 1.99.